The summed E-state index contributed by atoms with van der Waals surface area (Å²) in [6.45, 7) is 2.92. The molecule has 0 N–H and O–H groups in total. The molecule has 0 saturated carbocycles. The molecule has 2 aliphatic rings. The first kappa shape index (κ1) is 23.5. The van der Waals surface area contributed by atoms with Crippen molar-refractivity contribution >= 4 is 15.9 Å². The van der Waals surface area contributed by atoms with Crippen LogP contribution >= 0.6 is 0 Å². The molecule has 184 valence electrons. The van der Waals surface area contributed by atoms with E-state index in [4.69, 9.17) is 9.15 Å². The molecule has 1 saturated heterocycles. The number of benzene rings is 2. The van der Waals surface area contributed by atoms with Gasteiger partial charge in [0.15, 0.2) is 0 Å². The molecule has 2 aromatic carbocycles. The quantitative estimate of drug-likeness (QED) is 0.508. The Morgan fingerprint density at radius 3 is 2.63 bits per heavy atom. The zero-order chi connectivity index (χ0) is 24.7. The topological polar surface area (TPSA) is 106 Å². The number of carbonyl (C=O) groups is 1. The van der Waals surface area contributed by atoms with Crippen LogP contribution in [0.2, 0.25) is 0 Å². The predicted molar refractivity (Wildman–Crippen MR) is 119 cm³/mol. The molecule has 0 spiro atoms. The number of aromatic nitrogens is 2. The molecule has 2 aliphatic heterocycles. The highest BCUT2D eigenvalue weighted by molar-refractivity contribution is 7.89. The standard InChI is InChI=1S/C23H22F2N4O5S/c1-14-2-6-18(7-3-14)35(31,32)29-8-9-33-13-17(29)12-28-11-16-5-4-15(10-19(16)23(28)30)21-26-27-22(34-21)20(24)25/h2-7,10,17,20H,8-9,11-13H2,1H3/t17-/m0/s1. The smallest absolute Gasteiger partial charge is 0.314 e. The highest BCUT2D eigenvalue weighted by atomic mass is 32.2. The number of ether oxygens (including phenoxy) is 1. The van der Waals surface area contributed by atoms with Gasteiger partial charge in [0.1, 0.15) is 0 Å². The summed E-state index contributed by atoms with van der Waals surface area (Å²) in [4.78, 5) is 14.9. The molecule has 0 radical (unpaired) electrons. The number of nitrogens with zero attached hydrogens (tertiary/aromatic N) is 4. The van der Waals surface area contributed by atoms with E-state index in [1.54, 1.807) is 41.3 Å². The minimum Gasteiger partial charge on any atom is -0.415 e. The van der Waals surface area contributed by atoms with Crippen LogP contribution in [-0.4, -0.2) is 66.1 Å². The van der Waals surface area contributed by atoms with Crippen LogP contribution in [0.3, 0.4) is 0 Å². The third-order valence-electron chi connectivity index (χ3n) is 6.10. The summed E-state index contributed by atoms with van der Waals surface area (Å²) >= 11 is 0. The molecule has 1 aromatic heterocycles. The van der Waals surface area contributed by atoms with E-state index in [1.165, 1.54) is 10.4 Å². The van der Waals surface area contributed by atoms with Gasteiger partial charge in [-0.3, -0.25) is 4.79 Å². The molecule has 1 amide bonds. The monoisotopic (exact) mass is 504 g/mol. The number of fused-ring (bicyclic) bond motifs is 1. The zero-order valence-corrected chi connectivity index (χ0v) is 19.5. The van der Waals surface area contributed by atoms with Gasteiger partial charge in [-0.2, -0.15) is 13.1 Å². The van der Waals surface area contributed by atoms with Gasteiger partial charge in [-0.1, -0.05) is 23.8 Å². The van der Waals surface area contributed by atoms with Gasteiger partial charge in [-0.15, -0.1) is 10.2 Å². The number of carbonyl (C=O) groups excluding carboxylic acids is 1. The molecule has 12 heteroatoms. The third kappa shape index (κ3) is 4.44. The summed E-state index contributed by atoms with van der Waals surface area (Å²) in [6.07, 6.45) is -2.89. The number of morpholine rings is 1. The molecule has 9 nitrogen and oxygen atoms in total. The molecule has 3 aromatic rings. The molecule has 1 fully saturated rings. The first-order valence-electron chi connectivity index (χ1n) is 10.9. The summed E-state index contributed by atoms with van der Waals surface area (Å²) in [7, 11) is -3.78. The highest BCUT2D eigenvalue weighted by Crippen LogP contribution is 2.30. The van der Waals surface area contributed by atoms with Crippen molar-refractivity contribution in [2.24, 2.45) is 0 Å². The van der Waals surface area contributed by atoms with Crippen LogP contribution in [0, 0.1) is 6.92 Å². The summed E-state index contributed by atoms with van der Waals surface area (Å²) in [5.74, 6) is -1.19. The summed E-state index contributed by atoms with van der Waals surface area (Å²) < 4.78 is 64.1. The van der Waals surface area contributed by atoms with E-state index in [2.05, 4.69) is 10.2 Å². The lowest BCUT2D eigenvalue weighted by Crippen LogP contribution is -2.53. The van der Waals surface area contributed by atoms with Crippen LogP contribution in [0.4, 0.5) is 8.78 Å². The van der Waals surface area contributed by atoms with Crippen molar-refractivity contribution in [3.8, 4) is 11.5 Å². The minimum absolute atomic E-state index is 0.106. The van der Waals surface area contributed by atoms with Crippen molar-refractivity contribution in [1.82, 2.24) is 19.4 Å². The number of hydrogen-bond donors (Lipinski definition) is 0. The van der Waals surface area contributed by atoms with Crippen molar-refractivity contribution < 1.29 is 31.1 Å². The Labute approximate surface area is 200 Å². The summed E-state index contributed by atoms with van der Waals surface area (Å²) in [6, 6.07) is 10.9. The molecular weight excluding hydrogens is 482 g/mol. The van der Waals surface area contributed by atoms with Crippen LogP contribution in [0.5, 0.6) is 0 Å². The van der Waals surface area contributed by atoms with E-state index in [9.17, 15) is 22.0 Å². The molecule has 0 bridgehead atoms. The minimum atomic E-state index is -3.78. The van der Waals surface area contributed by atoms with Crippen molar-refractivity contribution in [2.45, 2.75) is 30.8 Å². The van der Waals surface area contributed by atoms with Gasteiger partial charge in [0.05, 0.1) is 24.2 Å². The van der Waals surface area contributed by atoms with Gasteiger partial charge in [0.2, 0.25) is 15.9 Å². The van der Waals surface area contributed by atoms with Gasteiger partial charge in [0.25, 0.3) is 11.8 Å². The number of sulfonamides is 1. The van der Waals surface area contributed by atoms with Gasteiger partial charge < -0.3 is 14.1 Å². The number of halogens is 2. The SMILES string of the molecule is Cc1ccc(S(=O)(=O)N2CCOC[C@@H]2CN2Cc3ccc(-c4nnc(C(F)F)o4)cc3C2=O)cc1. The number of hydrogen-bond acceptors (Lipinski definition) is 7. The van der Waals surface area contributed by atoms with Gasteiger partial charge >= 0.3 is 6.43 Å². The fourth-order valence-electron chi connectivity index (χ4n) is 4.28. The van der Waals surface area contributed by atoms with E-state index in [0.717, 1.165) is 11.1 Å². The van der Waals surface area contributed by atoms with Crippen molar-refractivity contribution in [2.75, 3.05) is 26.3 Å². The fourth-order valence-corrected chi connectivity index (χ4v) is 5.87. The van der Waals surface area contributed by atoms with Crippen LogP contribution in [-0.2, 0) is 21.3 Å². The van der Waals surface area contributed by atoms with E-state index < -0.39 is 28.4 Å². The number of alkyl halides is 2. The Bertz CT molecular complexity index is 1360. The highest BCUT2D eigenvalue weighted by Gasteiger charge is 2.38. The van der Waals surface area contributed by atoms with Crippen LogP contribution in [0.15, 0.2) is 51.8 Å². The lowest BCUT2D eigenvalue weighted by molar-refractivity contribution is 0.0184. The normalized spacial score (nSPS) is 18.9. The molecule has 0 aliphatic carbocycles. The lowest BCUT2D eigenvalue weighted by Gasteiger charge is -2.36. The van der Waals surface area contributed by atoms with Gasteiger partial charge in [0, 0.05) is 30.8 Å². The average Bonchev–Trinajstić information content (AvgIpc) is 3.45. The van der Waals surface area contributed by atoms with E-state index in [0.29, 0.717) is 11.1 Å². The average molecular weight is 505 g/mol. The number of aryl methyl sites for hydroxylation is 1. The second-order valence-corrected chi connectivity index (χ2v) is 10.4. The maximum Gasteiger partial charge on any atom is 0.314 e. The summed E-state index contributed by atoms with van der Waals surface area (Å²) in [5, 5.41) is 6.95. The van der Waals surface area contributed by atoms with Crippen molar-refractivity contribution in [3.63, 3.8) is 0 Å². The predicted octanol–water partition coefficient (Wildman–Crippen LogP) is 3.03. The Balaban J connectivity index is 1.36. The fraction of sp³-hybridized carbons (Fsp3) is 0.348. The molecule has 5 rings (SSSR count). The van der Waals surface area contributed by atoms with Crippen molar-refractivity contribution in [3.05, 3.63) is 65.0 Å². The molecular formula is C23H22F2N4O5S. The third-order valence-corrected chi connectivity index (χ3v) is 8.06. The second kappa shape index (κ2) is 9.10. The first-order valence-corrected chi connectivity index (χ1v) is 12.4. The number of amides is 1. The maximum absolute atomic E-state index is 13.3. The maximum atomic E-state index is 13.3. The van der Waals surface area contributed by atoms with E-state index in [1.807, 2.05) is 6.92 Å². The number of rotatable bonds is 6. The van der Waals surface area contributed by atoms with Crippen LogP contribution < -0.4 is 0 Å². The lowest BCUT2D eigenvalue weighted by atomic mass is 10.1. The Morgan fingerprint density at radius 2 is 1.91 bits per heavy atom. The van der Waals surface area contributed by atoms with Crippen LogP contribution in [0.1, 0.15) is 33.8 Å². The van der Waals surface area contributed by atoms with Crippen molar-refractivity contribution in [1.29, 1.82) is 0 Å². The van der Waals surface area contributed by atoms with Crippen LogP contribution in [0.25, 0.3) is 11.5 Å². The largest absolute Gasteiger partial charge is 0.415 e. The molecule has 35 heavy (non-hydrogen) atoms. The van der Waals surface area contributed by atoms with Gasteiger partial charge in [-0.05, 0) is 36.8 Å². The van der Waals surface area contributed by atoms with E-state index >= 15 is 0 Å². The van der Waals surface area contributed by atoms with Gasteiger partial charge in [-0.25, -0.2) is 8.42 Å². The molecule has 3 heterocycles. The summed E-state index contributed by atoms with van der Waals surface area (Å²) in [5.41, 5.74) is 2.41. The molecule has 1 atom stereocenters. The molecule has 0 unspecified atom stereocenters. The Hall–Kier alpha value is -3.22. The second-order valence-electron chi connectivity index (χ2n) is 8.46. The zero-order valence-electron chi connectivity index (χ0n) is 18.7. The Morgan fingerprint density at radius 1 is 1.14 bits per heavy atom. The Kier molecular flexibility index (Phi) is 6.11. The first-order chi connectivity index (χ1) is 16.7. The van der Waals surface area contributed by atoms with E-state index in [-0.39, 0.29) is 49.5 Å².